The summed E-state index contributed by atoms with van der Waals surface area (Å²) in [5.74, 6) is 3.37. The van der Waals surface area contributed by atoms with E-state index in [1.54, 1.807) is 21.3 Å². The molecule has 2 unspecified atom stereocenters. The van der Waals surface area contributed by atoms with Gasteiger partial charge < -0.3 is 19.9 Å². The maximum Gasteiger partial charge on any atom is 0.203 e. The Balaban J connectivity index is 2.19. The predicted molar refractivity (Wildman–Crippen MR) is 87.7 cm³/mol. The number of hydrogen-bond acceptors (Lipinski definition) is 5. The Labute approximate surface area is 133 Å². The van der Waals surface area contributed by atoms with Gasteiger partial charge in [-0.3, -0.25) is 4.90 Å². The van der Waals surface area contributed by atoms with Gasteiger partial charge in [-0.25, -0.2) is 0 Å². The number of benzene rings is 1. The van der Waals surface area contributed by atoms with E-state index in [9.17, 15) is 0 Å². The van der Waals surface area contributed by atoms with Gasteiger partial charge in [0.15, 0.2) is 11.5 Å². The van der Waals surface area contributed by atoms with Gasteiger partial charge in [0, 0.05) is 18.7 Å². The molecule has 1 saturated heterocycles. The summed E-state index contributed by atoms with van der Waals surface area (Å²) in [6, 6.07) is 3.99. The zero-order valence-corrected chi connectivity index (χ0v) is 14.1. The number of likely N-dealkylation sites (tertiary alicyclic amines) is 1. The Bertz CT molecular complexity index is 493. The summed E-state index contributed by atoms with van der Waals surface area (Å²) in [7, 11) is 4.94. The molecule has 1 aromatic carbocycles. The summed E-state index contributed by atoms with van der Waals surface area (Å²) in [4.78, 5) is 2.45. The van der Waals surface area contributed by atoms with Crippen LogP contribution < -0.4 is 19.9 Å². The average molecular weight is 308 g/mol. The molecule has 1 fully saturated rings. The number of ether oxygens (including phenoxy) is 3. The van der Waals surface area contributed by atoms with E-state index in [0.29, 0.717) is 23.3 Å². The molecule has 0 aromatic heterocycles. The lowest BCUT2D eigenvalue weighted by atomic mass is 9.87. The lowest BCUT2D eigenvalue weighted by Crippen LogP contribution is -2.42. The van der Waals surface area contributed by atoms with E-state index in [0.717, 1.165) is 37.5 Å². The van der Waals surface area contributed by atoms with E-state index in [2.05, 4.69) is 17.9 Å². The van der Waals surface area contributed by atoms with Crippen molar-refractivity contribution in [2.24, 2.45) is 17.6 Å². The molecule has 0 saturated carbocycles. The van der Waals surface area contributed by atoms with Crippen molar-refractivity contribution in [2.45, 2.75) is 19.9 Å². The van der Waals surface area contributed by atoms with E-state index in [1.807, 2.05) is 6.07 Å². The van der Waals surface area contributed by atoms with Crippen molar-refractivity contribution in [3.05, 3.63) is 17.7 Å². The van der Waals surface area contributed by atoms with Crippen LogP contribution in [-0.4, -0.2) is 45.9 Å². The van der Waals surface area contributed by atoms with Crippen LogP contribution in [0.25, 0.3) is 0 Å². The molecule has 0 bridgehead atoms. The van der Waals surface area contributed by atoms with Crippen LogP contribution in [0.1, 0.15) is 18.9 Å². The minimum absolute atomic E-state index is 0.569. The van der Waals surface area contributed by atoms with Crippen molar-refractivity contribution in [1.82, 2.24) is 4.90 Å². The number of hydrogen-bond donors (Lipinski definition) is 1. The standard InChI is InChI=1S/C17H28N2O3/c1-12-7-8-19(11-14(12)9-18)10-13-5-6-15(20-2)17(22-4)16(13)21-3/h5-6,12,14H,7-11,18H2,1-4H3. The highest BCUT2D eigenvalue weighted by Crippen LogP contribution is 2.40. The third-order valence-corrected chi connectivity index (χ3v) is 4.68. The second-order valence-electron chi connectivity index (χ2n) is 5.99. The monoisotopic (exact) mass is 308 g/mol. The van der Waals surface area contributed by atoms with Gasteiger partial charge in [0.05, 0.1) is 21.3 Å². The third-order valence-electron chi connectivity index (χ3n) is 4.68. The van der Waals surface area contributed by atoms with Crippen molar-refractivity contribution in [3.8, 4) is 17.2 Å². The number of nitrogens with two attached hydrogens (primary N) is 1. The first-order chi connectivity index (χ1) is 10.6. The van der Waals surface area contributed by atoms with E-state index in [-0.39, 0.29) is 0 Å². The van der Waals surface area contributed by atoms with Crippen molar-refractivity contribution >= 4 is 0 Å². The largest absolute Gasteiger partial charge is 0.493 e. The van der Waals surface area contributed by atoms with Crippen LogP contribution in [0.5, 0.6) is 17.2 Å². The van der Waals surface area contributed by atoms with Crippen LogP contribution >= 0.6 is 0 Å². The molecular weight excluding hydrogens is 280 g/mol. The van der Waals surface area contributed by atoms with Gasteiger partial charge in [-0.15, -0.1) is 0 Å². The van der Waals surface area contributed by atoms with Crippen LogP contribution in [0.4, 0.5) is 0 Å². The molecule has 2 rings (SSSR count). The number of methoxy groups -OCH3 is 3. The number of rotatable bonds is 6. The third kappa shape index (κ3) is 3.47. The number of piperidine rings is 1. The van der Waals surface area contributed by atoms with Gasteiger partial charge in [-0.1, -0.05) is 13.0 Å². The average Bonchev–Trinajstić information content (AvgIpc) is 2.55. The minimum atomic E-state index is 0.569. The van der Waals surface area contributed by atoms with Crippen LogP contribution in [0.2, 0.25) is 0 Å². The lowest BCUT2D eigenvalue weighted by Gasteiger charge is -2.36. The van der Waals surface area contributed by atoms with E-state index >= 15 is 0 Å². The Morgan fingerprint density at radius 1 is 1.14 bits per heavy atom. The Hall–Kier alpha value is -1.46. The molecule has 1 heterocycles. The molecule has 0 amide bonds. The summed E-state index contributed by atoms with van der Waals surface area (Å²) < 4.78 is 16.4. The van der Waals surface area contributed by atoms with E-state index < -0.39 is 0 Å². The fourth-order valence-corrected chi connectivity index (χ4v) is 3.20. The molecule has 0 spiro atoms. The first-order valence-corrected chi connectivity index (χ1v) is 7.84. The number of nitrogens with zero attached hydrogens (tertiary/aromatic N) is 1. The van der Waals surface area contributed by atoms with Gasteiger partial charge in [0.25, 0.3) is 0 Å². The van der Waals surface area contributed by atoms with Crippen molar-refractivity contribution in [3.63, 3.8) is 0 Å². The van der Waals surface area contributed by atoms with Crippen LogP contribution in [0.15, 0.2) is 12.1 Å². The summed E-state index contributed by atoms with van der Waals surface area (Å²) in [5.41, 5.74) is 7.02. The molecule has 1 aliphatic rings. The molecule has 1 aromatic rings. The fraction of sp³-hybridized carbons (Fsp3) is 0.647. The zero-order valence-electron chi connectivity index (χ0n) is 14.1. The van der Waals surface area contributed by atoms with Crippen LogP contribution in [0, 0.1) is 11.8 Å². The van der Waals surface area contributed by atoms with Gasteiger partial charge in [-0.05, 0) is 37.4 Å². The predicted octanol–water partition coefficient (Wildman–Crippen LogP) is 2.13. The molecule has 5 nitrogen and oxygen atoms in total. The van der Waals surface area contributed by atoms with Gasteiger partial charge in [0.1, 0.15) is 0 Å². The Morgan fingerprint density at radius 2 is 1.86 bits per heavy atom. The van der Waals surface area contributed by atoms with E-state index in [1.165, 1.54) is 6.42 Å². The van der Waals surface area contributed by atoms with Gasteiger partial charge in [0.2, 0.25) is 5.75 Å². The highest BCUT2D eigenvalue weighted by molar-refractivity contribution is 5.55. The second kappa shape index (κ2) is 7.70. The summed E-state index contributed by atoms with van der Waals surface area (Å²) >= 11 is 0. The molecule has 2 atom stereocenters. The first-order valence-electron chi connectivity index (χ1n) is 7.84. The molecule has 1 aliphatic heterocycles. The van der Waals surface area contributed by atoms with Gasteiger partial charge >= 0.3 is 0 Å². The normalized spacial score (nSPS) is 22.4. The molecule has 5 heteroatoms. The molecule has 124 valence electrons. The summed E-state index contributed by atoms with van der Waals surface area (Å²) in [6.07, 6.45) is 1.19. The summed E-state index contributed by atoms with van der Waals surface area (Å²) in [5, 5.41) is 0. The fourth-order valence-electron chi connectivity index (χ4n) is 3.20. The Kier molecular flexibility index (Phi) is 5.91. The molecule has 0 radical (unpaired) electrons. The topological polar surface area (TPSA) is 57.0 Å². The highest BCUT2D eigenvalue weighted by Gasteiger charge is 2.26. The van der Waals surface area contributed by atoms with Crippen LogP contribution in [-0.2, 0) is 6.54 Å². The van der Waals surface area contributed by atoms with Crippen molar-refractivity contribution in [2.75, 3.05) is 41.0 Å². The van der Waals surface area contributed by atoms with Gasteiger partial charge in [-0.2, -0.15) is 0 Å². The minimum Gasteiger partial charge on any atom is -0.493 e. The molecule has 0 aliphatic carbocycles. The van der Waals surface area contributed by atoms with Crippen molar-refractivity contribution < 1.29 is 14.2 Å². The van der Waals surface area contributed by atoms with E-state index in [4.69, 9.17) is 19.9 Å². The first kappa shape index (κ1) is 16.9. The smallest absolute Gasteiger partial charge is 0.203 e. The van der Waals surface area contributed by atoms with Crippen LogP contribution in [0.3, 0.4) is 0 Å². The molecule has 2 N–H and O–H groups in total. The second-order valence-corrected chi connectivity index (χ2v) is 5.99. The highest BCUT2D eigenvalue weighted by atomic mass is 16.5. The Morgan fingerprint density at radius 3 is 2.45 bits per heavy atom. The maximum absolute atomic E-state index is 5.90. The lowest BCUT2D eigenvalue weighted by molar-refractivity contribution is 0.125. The SMILES string of the molecule is COc1ccc(CN2CCC(C)C(CN)C2)c(OC)c1OC. The maximum atomic E-state index is 5.90. The molecular formula is C17H28N2O3. The van der Waals surface area contributed by atoms with Crippen molar-refractivity contribution in [1.29, 1.82) is 0 Å². The molecule has 22 heavy (non-hydrogen) atoms. The zero-order chi connectivity index (χ0) is 16.1. The quantitative estimate of drug-likeness (QED) is 0.872. The summed E-state index contributed by atoms with van der Waals surface area (Å²) in [6.45, 7) is 6.02.